The first-order valence-corrected chi connectivity index (χ1v) is 8.40. The minimum Gasteiger partial charge on any atom is -0.355 e. The minimum atomic E-state index is 0.813. The van der Waals surface area contributed by atoms with Crippen molar-refractivity contribution in [3.8, 4) is 0 Å². The Kier molecular flexibility index (Phi) is 6.72. The summed E-state index contributed by atoms with van der Waals surface area (Å²) in [4.78, 5) is 6.86. The fourth-order valence-electron chi connectivity index (χ4n) is 3.03. The quantitative estimate of drug-likeness (QED) is 0.648. The van der Waals surface area contributed by atoms with Gasteiger partial charge in [-0.1, -0.05) is 31.2 Å². The number of rotatable bonds is 5. The van der Waals surface area contributed by atoms with Crippen LogP contribution in [0.5, 0.6) is 0 Å². The molecule has 4 nitrogen and oxygen atoms in total. The van der Waals surface area contributed by atoms with Crippen LogP contribution in [0.3, 0.4) is 0 Å². The third-order valence-electron chi connectivity index (χ3n) is 4.39. The molecule has 1 unspecified atom stereocenters. The van der Waals surface area contributed by atoms with Crippen LogP contribution in [0.25, 0.3) is 0 Å². The lowest BCUT2D eigenvalue weighted by molar-refractivity contribution is 0.187. The number of nitrogens with one attached hydrogen (secondary N) is 2. The van der Waals surface area contributed by atoms with Gasteiger partial charge in [0.1, 0.15) is 0 Å². The molecular weight excluding hydrogens is 272 g/mol. The van der Waals surface area contributed by atoms with Crippen molar-refractivity contribution in [3.63, 3.8) is 0 Å². The molecule has 0 spiro atoms. The Morgan fingerprint density at radius 1 is 1.32 bits per heavy atom. The number of benzene rings is 1. The van der Waals surface area contributed by atoms with E-state index in [0.29, 0.717) is 0 Å². The molecule has 0 saturated carbocycles. The summed E-state index contributed by atoms with van der Waals surface area (Å²) in [6.45, 7) is 9.81. The fraction of sp³-hybridized carbons (Fsp3) is 0.611. The van der Waals surface area contributed by atoms with Gasteiger partial charge in [0.2, 0.25) is 0 Å². The maximum Gasteiger partial charge on any atom is 0.191 e. The molecule has 1 aromatic carbocycles. The van der Waals surface area contributed by atoms with Gasteiger partial charge in [-0.15, -0.1) is 0 Å². The Hall–Kier alpha value is -1.55. The zero-order valence-corrected chi connectivity index (χ0v) is 14.2. The van der Waals surface area contributed by atoms with Gasteiger partial charge in [0, 0.05) is 33.2 Å². The van der Waals surface area contributed by atoms with Crippen molar-refractivity contribution in [1.82, 2.24) is 15.5 Å². The van der Waals surface area contributed by atoms with Crippen molar-refractivity contribution in [3.05, 3.63) is 35.4 Å². The van der Waals surface area contributed by atoms with Crippen LogP contribution in [0, 0.1) is 12.8 Å². The van der Waals surface area contributed by atoms with Crippen molar-refractivity contribution in [2.45, 2.75) is 33.2 Å². The van der Waals surface area contributed by atoms with Crippen molar-refractivity contribution < 1.29 is 0 Å². The summed E-state index contributed by atoms with van der Waals surface area (Å²) >= 11 is 0. The predicted molar refractivity (Wildman–Crippen MR) is 94.2 cm³/mol. The van der Waals surface area contributed by atoms with E-state index in [1.165, 1.54) is 37.1 Å². The van der Waals surface area contributed by atoms with E-state index in [1.54, 1.807) is 0 Å². The molecule has 2 rings (SSSR count). The first kappa shape index (κ1) is 16.8. The van der Waals surface area contributed by atoms with E-state index in [4.69, 9.17) is 0 Å². The topological polar surface area (TPSA) is 39.7 Å². The number of hydrogen-bond acceptors (Lipinski definition) is 2. The molecule has 122 valence electrons. The third-order valence-corrected chi connectivity index (χ3v) is 4.39. The predicted octanol–water partition coefficient (Wildman–Crippen LogP) is 2.39. The molecule has 0 aromatic heterocycles. The van der Waals surface area contributed by atoms with Gasteiger partial charge in [0.25, 0.3) is 0 Å². The summed E-state index contributed by atoms with van der Waals surface area (Å²) in [5.74, 6) is 1.72. The molecule has 1 fully saturated rings. The number of aliphatic imine (C=N–C) groups is 1. The van der Waals surface area contributed by atoms with Crippen LogP contribution in [0.15, 0.2) is 29.3 Å². The molecular formula is C18H30N4. The van der Waals surface area contributed by atoms with Gasteiger partial charge in [-0.25, -0.2) is 0 Å². The molecule has 1 aromatic rings. The third kappa shape index (κ3) is 5.34. The lowest BCUT2D eigenvalue weighted by Gasteiger charge is -2.30. The highest BCUT2D eigenvalue weighted by Gasteiger charge is 2.15. The number of guanidine groups is 1. The molecule has 1 aliphatic rings. The molecule has 2 N–H and O–H groups in total. The summed E-state index contributed by atoms with van der Waals surface area (Å²) in [6.07, 6.45) is 2.71. The summed E-state index contributed by atoms with van der Waals surface area (Å²) in [5.41, 5.74) is 2.63. The van der Waals surface area contributed by atoms with Crippen molar-refractivity contribution in [2.75, 3.05) is 33.2 Å². The summed E-state index contributed by atoms with van der Waals surface area (Å²) in [6, 6.07) is 8.46. The van der Waals surface area contributed by atoms with E-state index in [2.05, 4.69) is 58.6 Å². The van der Waals surface area contributed by atoms with Crippen molar-refractivity contribution in [1.29, 1.82) is 0 Å². The van der Waals surface area contributed by atoms with Crippen LogP contribution in [-0.2, 0) is 6.54 Å². The fourth-order valence-corrected chi connectivity index (χ4v) is 3.03. The Morgan fingerprint density at radius 3 is 2.86 bits per heavy atom. The average Bonchev–Trinajstić information content (AvgIpc) is 2.52. The number of nitrogens with zero attached hydrogens (tertiary/aromatic N) is 2. The van der Waals surface area contributed by atoms with E-state index >= 15 is 0 Å². The van der Waals surface area contributed by atoms with Crippen LogP contribution in [0.2, 0.25) is 0 Å². The Morgan fingerprint density at radius 2 is 2.14 bits per heavy atom. The van der Waals surface area contributed by atoms with E-state index in [0.717, 1.165) is 31.5 Å². The SMILES string of the molecule is CN=C(NCCN1CCCC(C)C1)NCc1ccccc1C. The Balaban J connectivity index is 1.70. The zero-order valence-electron chi connectivity index (χ0n) is 14.2. The van der Waals surface area contributed by atoms with Crippen LogP contribution in [0.4, 0.5) is 0 Å². The molecule has 1 saturated heterocycles. The standard InChI is InChI=1S/C18H30N4/c1-15-7-6-11-22(14-15)12-10-20-18(19-3)21-13-17-9-5-4-8-16(17)2/h4-5,8-9,15H,6-7,10-14H2,1-3H3,(H2,19,20,21). The molecule has 0 radical (unpaired) electrons. The van der Waals surface area contributed by atoms with E-state index in [9.17, 15) is 0 Å². The molecule has 0 aliphatic carbocycles. The van der Waals surface area contributed by atoms with E-state index < -0.39 is 0 Å². The van der Waals surface area contributed by atoms with Gasteiger partial charge in [-0.2, -0.15) is 0 Å². The summed E-state index contributed by atoms with van der Waals surface area (Å²) in [5, 5.41) is 6.81. The number of likely N-dealkylation sites (tertiary alicyclic amines) is 1. The summed E-state index contributed by atoms with van der Waals surface area (Å²) < 4.78 is 0. The Bertz CT molecular complexity index is 484. The zero-order chi connectivity index (χ0) is 15.8. The maximum absolute atomic E-state index is 4.31. The molecule has 1 aliphatic heterocycles. The highest BCUT2D eigenvalue weighted by atomic mass is 15.2. The smallest absolute Gasteiger partial charge is 0.191 e. The first-order chi connectivity index (χ1) is 10.7. The number of piperidine rings is 1. The lowest BCUT2D eigenvalue weighted by Crippen LogP contribution is -2.43. The highest BCUT2D eigenvalue weighted by molar-refractivity contribution is 5.79. The molecule has 0 bridgehead atoms. The van der Waals surface area contributed by atoms with E-state index in [1.807, 2.05) is 7.05 Å². The monoisotopic (exact) mass is 302 g/mol. The van der Waals surface area contributed by atoms with Crippen LogP contribution in [-0.4, -0.2) is 44.1 Å². The van der Waals surface area contributed by atoms with Gasteiger partial charge >= 0.3 is 0 Å². The second kappa shape index (κ2) is 8.79. The molecule has 1 heterocycles. The largest absolute Gasteiger partial charge is 0.355 e. The van der Waals surface area contributed by atoms with Gasteiger partial charge in [-0.05, 0) is 43.4 Å². The highest BCUT2D eigenvalue weighted by Crippen LogP contribution is 2.14. The van der Waals surface area contributed by atoms with E-state index in [-0.39, 0.29) is 0 Å². The molecule has 1 atom stereocenters. The number of hydrogen-bond donors (Lipinski definition) is 2. The second-order valence-electron chi connectivity index (χ2n) is 6.33. The van der Waals surface area contributed by atoms with Crippen LogP contribution in [0.1, 0.15) is 30.9 Å². The normalized spacial score (nSPS) is 20.0. The average molecular weight is 302 g/mol. The van der Waals surface area contributed by atoms with Gasteiger partial charge < -0.3 is 15.5 Å². The molecule has 22 heavy (non-hydrogen) atoms. The van der Waals surface area contributed by atoms with Crippen LogP contribution < -0.4 is 10.6 Å². The summed E-state index contributed by atoms with van der Waals surface area (Å²) in [7, 11) is 1.83. The van der Waals surface area contributed by atoms with Gasteiger partial charge in [0.15, 0.2) is 5.96 Å². The lowest BCUT2D eigenvalue weighted by atomic mass is 10.0. The van der Waals surface area contributed by atoms with Crippen LogP contribution >= 0.6 is 0 Å². The number of aryl methyl sites for hydroxylation is 1. The molecule has 0 amide bonds. The first-order valence-electron chi connectivity index (χ1n) is 8.40. The van der Waals surface area contributed by atoms with Crippen molar-refractivity contribution >= 4 is 5.96 Å². The minimum absolute atomic E-state index is 0.813. The molecule has 4 heteroatoms. The second-order valence-corrected chi connectivity index (χ2v) is 6.33. The van der Waals surface area contributed by atoms with Crippen molar-refractivity contribution in [2.24, 2.45) is 10.9 Å². The van der Waals surface area contributed by atoms with Gasteiger partial charge in [-0.3, -0.25) is 4.99 Å². The van der Waals surface area contributed by atoms with Gasteiger partial charge in [0.05, 0.1) is 0 Å². The maximum atomic E-state index is 4.31. The Labute approximate surface area is 135 Å².